The van der Waals surface area contributed by atoms with Crippen LogP contribution in [0.5, 0.6) is 17.2 Å². The van der Waals surface area contributed by atoms with Gasteiger partial charge in [-0.15, -0.1) is 13.2 Å². The lowest BCUT2D eigenvalue weighted by Crippen LogP contribution is -2.50. The molecule has 12 heteroatoms. The van der Waals surface area contributed by atoms with Gasteiger partial charge in [0.1, 0.15) is 28.3 Å². The van der Waals surface area contributed by atoms with Gasteiger partial charge in [-0.1, -0.05) is 6.07 Å². The quantitative estimate of drug-likeness (QED) is 0.481. The summed E-state index contributed by atoms with van der Waals surface area (Å²) >= 11 is 0. The van der Waals surface area contributed by atoms with Gasteiger partial charge >= 0.3 is 12.3 Å². The van der Waals surface area contributed by atoms with Gasteiger partial charge in [0.15, 0.2) is 11.6 Å². The van der Waals surface area contributed by atoms with Crippen LogP contribution in [0.4, 0.5) is 17.6 Å². The predicted octanol–water partition coefficient (Wildman–Crippen LogP) is 4.28. The summed E-state index contributed by atoms with van der Waals surface area (Å²) in [5, 5.41) is 12.2. The second-order valence-corrected chi connectivity index (χ2v) is 7.72. The van der Waals surface area contributed by atoms with Gasteiger partial charge in [-0.05, 0) is 48.0 Å². The molecule has 0 saturated heterocycles. The largest absolute Gasteiger partial charge is 0.573 e. The number of halogens is 4. The molecule has 3 aromatic rings. The van der Waals surface area contributed by atoms with E-state index in [2.05, 4.69) is 15.0 Å². The molecule has 36 heavy (non-hydrogen) atoms. The monoisotopic (exact) mass is 506 g/mol. The molecule has 0 bridgehead atoms. The van der Waals surface area contributed by atoms with E-state index in [-0.39, 0.29) is 46.9 Å². The number of aromatic nitrogens is 1. The van der Waals surface area contributed by atoms with Crippen molar-refractivity contribution in [2.45, 2.75) is 18.3 Å². The number of nitrogens with zero attached hydrogens (tertiary/aromatic N) is 1. The SMILES string of the molecule is COc1ccc(C(=O)NC2(c3ccc(OC(F)(F)F)c(F)c3)CCOc3cccnc32)cc1C(=O)O. The average molecular weight is 506 g/mol. The number of aromatic carboxylic acids is 1. The molecule has 1 unspecified atom stereocenters. The Kier molecular flexibility index (Phi) is 6.44. The fourth-order valence-electron chi connectivity index (χ4n) is 3.99. The molecule has 1 aliphatic heterocycles. The highest BCUT2D eigenvalue weighted by atomic mass is 19.4. The second kappa shape index (κ2) is 9.36. The van der Waals surface area contributed by atoms with Gasteiger partial charge in [-0.2, -0.15) is 0 Å². The summed E-state index contributed by atoms with van der Waals surface area (Å²) < 4.78 is 66.9. The zero-order valence-electron chi connectivity index (χ0n) is 18.6. The summed E-state index contributed by atoms with van der Waals surface area (Å²) in [5.41, 5.74) is -1.55. The molecule has 1 aliphatic rings. The van der Waals surface area contributed by atoms with E-state index < -0.39 is 35.3 Å². The number of benzene rings is 2. The molecular formula is C24H18F4N2O6. The van der Waals surface area contributed by atoms with Gasteiger partial charge in [-0.25, -0.2) is 9.18 Å². The van der Waals surface area contributed by atoms with Crippen LogP contribution in [-0.4, -0.2) is 42.0 Å². The van der Waals surface area contributed by atoms with Crippen LogP contribution < -0.4 is 19.5 Å². The third kappa shape index (κ3) is 4.74. The molecule has 4 rings (SSSR count). The molecule has 2 heterocycles. The van der Waals surface area contributed by atoms with Crippen LogP contribution in [-0.2, 0) is 5.54 Å². The summed E-state index contributed by atoms with van der Waals surface area (Å²) in [6.07, 6.45) is -3.64. The molecule has 0 aliphatic carbocycles. The summed E-state index contributed by atoms with van der Waals surface area (Å²) in [4.78, 5) is 29.2. The van der Waals surface area contributed by atoms with Crippen LogP contribution in [0.3, 0.4) is 0 Å². The number of carboxylic acid groups (broad SMARTS) is 1. The number of amides is 1. The molecule has 1 atom stereocenters. The van der Waals surface area contributed by atoms with E-state index in [0.29, 0.717) is 0 Å². The van der Waals surface area contributed by atoms with Crippen LogP contribution in [0.25, 0.3) is 0 Å². The van der Waals surface area contributed by atoms with Crippen molar-refractivity contribution in [2.75, 3.05) is 13.7 Å². The van der Waals surface area contributed by atoms with E-state index in [4.69, 9.17) is 9.47 Å². The Balaban J connectivity index is 1.81. The van der Waals surface area contributed by atoms with Crippen molar-refractivity contribution in [3.63, 3.8) is 0 Å². The Bertz CT molecular complexity index is 1330. The van der Waals surface area contributed by atoms with Gasteiger partial charge in [-0.3, -0.25) is 9.78 Å². The predicted molar refractivity (Wildman–Crippen MR) is 116 cm³/mol. The molecule has 0 spiro atoms. The molecule has 0 saturated carbocycles. The summed E-state index contributed by atoms with van der Waals surface area (Å²) in [6.45, 7) is 0.0599. The van der Waals surface area contributed by atoms with Crippen molar-refractivity contribution < 1.29 is 46.5 Å². The minimum absolute atomic E-state index is 0.0363. The molecular weight excluding hydrogens is 488 g/mol. The molecule has 0 fully saturated rings. The van der Waals surface area contributed by atoms with Gasteiger partial charge in [0.2, 0.25) is 0 Å². The fourth-order valence-corrected chi connectivity index (χ4v) is 3.99. The normalized spacial score (nSPS) is 16.9. The van der Waals surface area contributed by atoms with Crippen molar-refractivity contribution in [3.8, 4) is 17.2 Å². The minimum atomic E-state index is -5.10. The minimum Gasteiger partial charge on any atom is -0.496 e. The molecule has 188 valence electrons. The first-order valence-corrected chi connectivity index (χ1v) is 10.4. The van der Waals surface area contributed by atoms with Crippen LogP contribution in [0.15, 0.2) is 54.7 Å². The number of nitrogens with one attached hydrogen (secondary N) is 1. The molecule has 8 nitrogen and oxygen atoms in total. The topological polar surface area (TPSA) is 107 Å². The van der Waals surface area contributed by atoms with Crippen LogP contribution in [0.1, 0.15) is 38.4 Å². The smallest absolute Gasteiger partial charge is 0.496 e. The first-order valence-electron chi connectivity index (χ1n) is 10.4. The standard InChI is InChI=1S/C24H18F4N2O6/c1-34-17-6-4-13(11-15(17)22(32)33)21(31)30-23(8-10-35-19-3-2-9-29-20(19)23)14-5-7-18(16(25)12-14)36-24(26,27)28/h2-7,9,11-12H,8,10H2,1H3,(H,30,31)(H,32,33). The maximum Gasteiger partial charge on any atom is 0.573 e. The second-order valence-electron chi connectivity index (χ2n) is 7.72. The number of hydrogen-bond donors (Lipinski definition) is 2. The van der Waals surface area contributed by atoms with E-state index in [1.807, 2.05) is 0 Å². The highest BCUT2D eigenvalue weighted by molar-refractivity contribution is 5.99. The highest BCUT2D eigenvalue weighted by Crippen LogP contribution is 2.42. The third-order valence-corrected chi connectivity index (χ3v) is 5.58. The number of hydrogen-bond acceptors (Lipinski definition) is 6. The number of alkyl halides is 3. The number of fused-ring (bicyclic) bond motifs is 1. The van der Waals surface area contributed by atoms with Crippen molar-refractivity contribution in [1.29, 1.82) is 0 Å². The zero-order chi connectivity index (χ0) is 26.1. The Morgan fingerprint density at radius 2 is 1.89 bits per heavy atom. The van der Waals surface area contributed by atoms with E-state index in [0.717, 1.165) is 18.2 Å². The molecule has 1 aromatic heterocycles. The van der Waals surface area contributed by atoms with Gasteiger partial charge in [0.25, 0.3) is 5.91 Å². The first-order chi connectivity index (χ1) is 17.0. The molecule has 1 amide bonds. The van der Waals surface area contributed by atoms with Crippen molar-refractivity contribution >= 4 is 11.9 Å². The number of carbonyl (C=O) groups is 2. The maximum atomic E-state index is 14.7. The number of carboxylic acids is 1. The lowest BCUT2D eigenvalue weighted by atomic mass is 9.81. The summed E-state index contributed by atoms with van der Waals surface area (Å²) in [7, 11) is 1.28. The fraction of sp³-hybridized carbons (Fsp3) is 0.208. The van der Waals surface area contributed by atoms with E-state index in [9.17, 15) is 32.3 Å². The number of rotatable bonds is 6. The lowest BCUT2D eigenvalue weighted by Gasteiger charge is -2.39. The van der Waals surface area contributed by atoms with Gasteiger partial charge in [0, 0.05) is 18.2 Å². The number of methoxy groups -OCH3 is 1. The van der Waals surface area contributed by atoms with Crippen LogP contribution in [0, 0.1) is 5.82 Å². The molecule has 0 radical (unpaired) electrons. The van der Waals surface area contributed by atoms with Gasteiger partial charge < -0.3 is 24.6 Å². The van der Waals surface area contributed by atoms with Crippen molar-refractivity contribution in [2.24, 2.45) is 0 Å². The Morgan fingerprint density at radius 3 is 2.56 bits per heavy atom. The lowest BCUT2D eigenvalue weighted by molar-refractivity contribution is -0.275. The van der Waals surface area contributed by atoms with Gasteiger partial charge in [0.05, 0.1) is 13.7 Å². The number of pyridine rings is 1. The van der Waals surface area contributed by atoms with Crippen LogP contribution in [0.2, 0.25) is 0 Å². The molecule has 2 aromatic carbocycles. The summed E-state index contributed by atoms with van der Waals surface area (Å²) in [6, 6.07) is 9.74. The Labute approximate surface area is 201 Å². The van der Waals surface area contributed by atoms with E-state index in [1.165, 1.54) is 31.5 Å². The molecule has 2 N–H and O–H groups in total. The zero-order valence-corrected chi connectivity index (χ0v) is 18.6. The van der Waals surface area contributed by atoms with Crippen molar-refractivity contribution in [3.05, 3.63) is 82.9 Å². The number of carbonyl (C=O) groups excluding carboxylic acids is 1. The summed E-state index contributed by atoms with van der Waals surface area (Å²) in [5.74, 6) is -4.09. The third-order valence-electron chi connectivity index (χ3n) is 5.58. The van der Waals surface area contributed by atoms with Crippen molar-refractivity contribution in [1.82, 2.24) is 10.3 Å². The first kappa shape index (κ1) is 24.8. The average Bonchev–Trinajstić information content (AvgIpc) is 2.84. The maximum absolute atomic E-state index is 14.7. The Morgan fingerprint density at radius 1 is 1.14 bits per heavy atom. The Hall–Kier alpha value is -4.35. The number of ether oxygens (including phenoxy) is 3. The van der Waals surface area contributed by atoms with E-state index in [1.54, 1.807) is 12.1 Å². The van der Waals surface area contributed by atoms with E-state index >= 15 is 0 Å². The van der Waals surface area contributed by atoms with Crippen LogP contribution >= 0.6 is 0 Å². The highest BCUT2D eigenvalue weighted by Gasteiger charge is 2.43.